The topological polar surface area (TPSA) is 53.6 Å². The molecule has 2 aromatic heterocycles. The lowest BCUT2D eigenvalue weighted by atomic mass is 10.0. The van der Waals surface area contributed by atoms with Gasteiger partial charge >= 0.3 is 0 Å². The van der Waals surface area contributed by atoms with Crippen LogP contribution >= 0.6 is 0 Å². The Morgan fingerprint density at radius 1 is 1.10 bits per heavy atom. The first-order chi connectivity index (χ1) is 9.92. The van der Waals surface area contributed by atoms with Crippen LogP contribution in [-0.2, 0) is 13.0 Å². The highest BCUT2D eigenvalue weighted by atomic mass is 14.9. The quantitative estimate of drug-likeness (QED) is 0.713. The molecule has 1 aromatic carbocycles. The SMILES string of the molecule is [HH].[HH].c1ncc(-c2ccc3[nH]c4c(c3c2)CNCCC4)cn1. The second-order valence-corrected chi connectivity index (χ2v) is 5.25. The fourth-order valence-electron chi connectivity index (χ4n) is 2.95. The van der Waals surface area contributed by atoms with Crippen LogP contribution in [0, 0.1) is 0 Å². The van der Waals surface area contributed by atoms with Crippen LogP contribution in [0.3, 0.4) is 0 Å². The van der Waals surface area contributed by atoms with Crippen LogP contribution in [0.5, 0.6) is 0 Å². The minimum Gasteiger partial charge on any atom is -0.358 e. The van der Waals surface area contributed by atoms with Crippen molar-refractivity contribution in [2.75, 3.05) is 6.54 Å². The van der Waals surface area contributed by atoms with Gasteiger partial charge in [-0.15, -0.1) is 0 Å². The van der Waals surface area contributed by atoms with Gasteiger partial charge in [0.25, 0.3) is 0 Å². The Morgan fingerprint density at radius 3 is 2.90 bits per heavy atom. The van der Waals surface area contributed by atoms with Crippen LogP contribution in [0.15, 0.2) is 36.9 Å². The number of nitrogens with zero attached hydrogens (tertiary/aromatic N) is 2. The lowest BCUT2D eigenvalue weighted by molar-refractivity contribution is 0.680. The van der Waals surface area contributed by atoms with Gasteiger partial charge in [-0.1, -0.05) is 6.07 Å². The van der Waals surface area contributed by atoms with E-state index in [1.54, 1.807) is 6.33 Å². The molecule has 3 heterocycles. The van der Waals surface area contributed by atoms with Crippen LogP contribution in [0.4, 0.5) is 0 Å². The Kier molecular flexibility index (Phi) is 2.74. The molecule has 1 aliphatic heterocycles. The number of fused-ring (bicyclic) bond motifs is 3. The van der Waals surface area contributed by atoms with E-state index in [1.165, 1.54) is 34.1 Å². The Bertz CT molecular complexity index is 755. The van der Waals surface area contributed by atoms with Crippen molar-refractivity contribution in [3.05, 3.63) is 48.2 Å². The summed E-state index contributed by atoms with van der Waals surface area (Å²) < 4.78 is 0. The van der Waals surface area contributed by atoms with Crippen molar-refractivity contribution < 1.29 is 2.85 Å². The summed E-state index contributed by atoms with van der Waals surface area (Å²) in [5.74, 6) is 0. The largest absolute Gasteiger partial charge is 0.358 e. The molecule has 0 bridgehead atoms. The fourth-order valence-corrected chi connectivity index (χ4v) is 2.95. The normalized spacial score (nSPS) is 15.0. The second kappa shape index (κ2) is 4.72. The maximum atomic E-state index is 4.10. The predicted octanol–water partition coefficient (Wildman–Crippen LogP) is 3.15. The molecule has 0 amide bonds. The van der Waals surface area contributed by atoms with Gasteiger partial charge in [-0.05, 0) is 42.6 Å². The van der Waals surface area contributed by atoms with Gasteiger partial charge in [-0.25, -0.2) is 9.97 Å². The van der Waals surface area contributed by atoms with E-state index < -0.39 is 0 Å². The molecule has 0 spiro atoms. The van der Waals surface area contributed by atoms with Gasteiger partial charge in [-0.3, -0.25) is 0 Å². The fraction of sp³-hybridized carbons (Fsp3) is 0.250. The van der Waals surface area contributed by atoms with E-state index >= 15 is 0 Å². The highest BCUT2D eigenvalue weighted by Crippen LogP contribution is 2.29. The first kappa shape index (κ1) is 11.6. The summed E-state index contributed by atoms with van der Waals surface area (Å²) in [4.78, 5) is 11.8. The molecule has 104 valence electrons. The number of aryl methyl sites for hydroxylation is 1. The van der Waals surface area contributed by atoms with E-state index in [-0.39, 0.29) is 2.85 Å². The van der Waals surface area contributed by atoms with E-state index in [1.807, 2.05) is 12.4 Å². The Balaban J connectivity index is 0.000000882. The van der Waals surface area contributed by atoms with Gasteiger partial charge in [0.05, 0.1) is 0 Å². The Hall–Kier alpha value is -2.20. The van der Waals surface area contributed by atoms with Crippen LogP contribution in [0.2, 0.25) is 0 Å². The summed E-state index contributed by atoms with van der Waals surface area (Å²) >= 11 is 0. The van der Waals surface area contributed by atoms with Crippen molar-refractivity contribution in [2.24, 2.45) is 0 Å². The number of H-pyrrole nitrogens is 1. The maximum absolute atomic E-state index is 4.10. The van der Waals surface area contributed by atoms with Crippen molar-refractivity contribution >= 4 is 10.9 Å². The zero-order chi connectivity index (χ0) is 13.4. The van der Waals surface area contributed by atoms with Gasteiger partial charge in [0.15, 0.2) is 0 Å². The highest BCUT2D eigenvalue weighted by Gasteiger charge is 2.14. The molecule has 0 fully saturated rings. The van der Waals surface area contributed by atoms with Crippen molar-refractivity contribution in [2.45, 2.75) is 19.4 Å². The van der Waals surface area contributed by atoms with Gasteiger partial charge in [0, 0.05) is 44.0 Å². The molecule has 0 atom stereocenters. The summed E-state index contributed by atoms with van der Waals surface area (Å²) in [6.45, 7) is 2.04. The van der Waals surface area contributed by atoms with Crippen LogP contribution < -0.4 is 5.32 Å². The minimum atomic E-state index is 0. The van der Waals surface area contributed by atoms with Crippen LogP contribution in [-0.4, -0.2) is 21.5 Å². The van der Waals surface area contributed by atoms with Crippen molar-refractivity contribution in [3.63, 3.8) is 0 Å². The summed E-state index contributed by atoms with van der Waals surface area (Å²) in [5.41, 5.74) is 6.25. The van der Waals surface area contributed by atoms with Gasteiger partial charge in [0.1, 0.15) is 6.33 Å². The average Bonchev–Trinajstić information content (AvgIpc) is 2.69. The summed E-state index contributed by atoms with van der Waals surface area (Å²) in [5, 5.41) is 4.81. The molecule has 3 aromatic rings. The molecule has 0 aliphatic carbocycles. The standard InChI is InChI=1S/C16H16N4.2H2/c1-2-15-14(9-17-5-1)13-6-11(3-4-16(13)20-15)12-7-18-10-19-8-12;;/h3-4,6-8,10,17,20H,1-2,5,9H2;2*1H. The number of nitrogens with one attached hydrogen (secondary N) is 2. The second-order valence-electron chi connectivity index (χ2n) is 5.25. The van der Waals surface area contributed by atoms with Crippen LogP contribution in [0.1, 0.15) is 20.5 Å². The average molecular weight is 268 g/mol. The zero-order valence-corrected chi connectivity index (χ0v) is 11.2. The number of aromatic amines is 1. The Morgan fingerprint density at radius 2 is 2.00 bits per heavy atom. The monoisotopic (exact) mass is 268 g/mol. The summed E-state index contributed by atoms with van der Waals surface area (Å²) in [6, 6.07) is 6.53. The maximum Gasteiger partial charge on any atom is 0.115 e. The molecule has 2 N–H and O–H groups in total. The molecular formula is C16H20N4. The number of aromatic nitrogens is 3. The van der Waals surface area contributed by atoms with Crippen molar-refractivity contribution in [1.82, 2.24) is 20.3 Å². The third-order valence-corrected chi connectivity index (χ3v) is 3.97. The van der Waals surface area contributed by atoms with E-state index in [9.17, 15) is 0 Å². The number of rotatable bonds is 1. The van der Waals surface area contributed by atoms with Gasteiger partial charge in [0.2, 0.25) is 0 Å². The molecule has 0 unspecified atom stereocenters. The lowest BCUT2D eigenvalue weighted by Crippen LogP contribution is -2.11. The molecule has 4 heteroatoms. The van der Waals surface area contributed by atoms with E-state index in [0.29, 0.717) is 0 Å². The van der Waals surface area contributed by atoms with Crippen molar-refractivity contribution in [1.29, 1.82) is 0 Å². The summed E-state index contributed by atoms with van der Waals surface area (Å²) in [6.07, 6.45) is 7.60. The molecular weight excluding hydrogens is 248 g/mol. The smallest absolute Gasteiger partial charge is 0.115 e. The molecule has 20 heavy (non-hydrogen) atoms. The molecule has 4 rings (SSSR count). The third kappa shape index (κ3) is 1.89. The number of benzene rings is 1. The molecule has 0 radical (unpaired) electrons. The first-order valence-corrected chi connectivity index (χ1v) is 7.01. The van der Waals surface area contributed by atoms with E-state index in [4.69, 9.17) is 0 Å². The van der Waals surface area contributed by atoms with Crippen LogP contribution in [0.25, 0.3) is 22.0 Å². The predicted molar refractivity (Wildman–Crippen MR) is 83.6 cm³/mol. The third-order valence-electron chi connectivity index (χ3n) is 3.97. The molecule has 0 saturated carbocycles. The van der Waals surface area contributed by atoms with E-state index in [2.05, 4.69) is 38.5 Å². The van der Waals surface area contributed by atoms with E-state index in [0.717, 1.165) is 25.1 Å². The number of hydrogen-bond acceptors (Lipinski definition) is 3. The summed E-state index contributed by atoms with van der Waals surface area (Å²) in [7, 11) is 0. The minimum absolute atomic E-state index is 0. The van der Waals surface area contributed by atoms with Crippen molar-refractivity contribution in [3.8, 4) is 11.1 Å². The molecule has 4 nitrogen and oxygen atoms in total. The zero-order valence-electron chi connectivity index (χ0n) is 11.2. The highest BCUT2D eigenvalue weighted by molar-refractivity contribution is 5.89. The first-order valence-electron chi connectivity index (χ1n) is 7.01. The van der Waals surface area contributed by atoms with Gasteiger partial charge < -0.3 is 10.3 Å². The molecule has 1 aliphatic rings. The number of hydrogen-bond donors (Lipinski definition) is 2. The van der Waals surface area contributed by atoms with Gasteiger partial charge in [-0.2, -0.15) is 0 Å². The molecule has 0 saturated heterocycles. The lowest BCUT2D eigenvalue weighted by Gasteiger charge is -2.03. The Labute approximate surface area is 120 Å².